The number of sulfonamides is 1. The van der Waals surface area contributed by atoms with Crippen molar-refractivity contribution in [3.05, 3.63) is 34.1 Å². The molecular formula is C9H9N5O5S. The van der Waals surface area contributed by atoms with Crippen LogP contribution >= 0.6 is 0 Å². The van der Waals surface area contributed by atoms with Gasteiger partial charge in [-0.1, -0.05) is 5.16 Å². The second-order valence-electron chi connectivity index (χ2n) is 3.74. The highest BCUT2D eigenvalue weighted by molar-refractivity contribution is 7.92. The van der Waals surface area contributed by atoms with Gasteiger partial charge in [0.05, 0.1) is 4.92 Å². The zero-order chi connectivity index (χ0) is 14.9. The summed E-state index contributed by atoms with van der Waals surface area (Å²) in [5.41, 5.74) is 4.83. The average molecular weight is 299 g/mol. The van der Waals surface area contributed by atoms with Gasteiger partial charge in [0.1, 0.15) is 0 Å². The summed E-state index contributed by atoms with van der Waals surface area (Å²) in [6.45, 7) is 1.49. The van der Waals surface area contributed by atoms with E-state index in [0.717, 1.165) is 12.1 Å². The number of nitrogens with one attached hydrogen (secondary N) is 1. The molecule has 0 radical (unpaired) electrons. The van der Waals surface area contributed by atoms with Crippen LogP contribution in [0.5, 0.6) is 0 Å². The van der Waals surface area contributed by atoms with Crippen LogP contribution in [-0.2, 0) is 10.0 Å². The van der Waals surface area contributed by atoms with Crippen LogP contribution in [0.1, 0.15) is 5.82 Å². The lowest BCUT2D eigenvalue weighted by Gasteiger charge is -2.05. The highest BCUT2D eigenvalue weighted by Gasteiger charge is 2.27. The van der Waals surface area contributed by atoms with Crippen molar-refractivity contribution in [1.29, 1.82) is 0 Å². The van der Waals surface area contributed by atoms with Crippen molar-refractivity contribution in [3.63, 3.8) is 0 Å². The molecule has 0 aliphatic carbocycles. The van der Waals surface area contributed by atoms with Crippen LogP contribution in [-0.4, -0.2) is 23.5 Å². The zero-order valence-electron chi connectivity index (χ0n) is 10.1. The summed E-state index contributed by atoms with van der Waals surface area (Å²) in [6, 6.07) is 2.83. The third-order valence-electron chi connectivity index (χ3n) is 2.22. The van der Waals surface area contributed by atoms with Crippen LogP contribution in [0.4, 0.5) is 17.4 Å². The Balaban J connectivity index is 2.46. The van der Waals surface area contributed by atoms with E-state index in [1.165, 1.54) is 13.0 Å². The SMILES string of the molecule is Cc1noc(NS(=O)(=O)c2ccc(N)cc2[N+](=O)[O-])n1. The number of nitrogen functional groups attached to an aromatic ring is 1. The smallest absolute Gasteiger partial charge is 0.335 e. The zero-order valence-corrected chi connectivity index (χ0v) is 10.9. The second-order valence-corrected chi connectivity index (χ2v) is 5.39. The third kappa shape index (κ3) is 2.66. The number of aryl methyl sites for hydroxylation is 1. The van der Waals surface area contributed by atoms with Crippen molar-refractivity contribution in [3.8, 4) is 0 Å². The van der Waals surface area contributed by atoms with Gasteiger partial charge in [-0.3, -0.25) is 10.1 Å². The number of anilines is 2. The lowest BCUT2D eigenvalue weighted by atomic mass is 10.3. The Morgan fingerprint density at radius 1 is 1.45 bits per heavy atom. The number of hydrogen-bond donors (Lipinski definition) is 2. The van der Waals surface area contributed by atoms with E-state index in [-0.39, 0.29) is 17.5 Å². The van der Waals surface area contributed by atoms with Gasteiger partial charge in [-0.25, -0.2) is 13.1 Å². The normalized spacial score (nSPS) is 11.2. The fourth-order valence-electron chi connectivity index (χ4n) is 1.41. The number of hydrogen-bond acceptors (Lipinski definition) is 8. The Labute approximate surface area is 112 Å². The Hall–Kier alpha value is -2.69. The lowest BCUT2D eigenvalue weighted by Crippen LogP contribution is -2.15. The fourth-order valence-corrected chi connectivity index (χ4v) is 2.49. The molecule has 106 valence electrons. The molecule has 11 heteroatoms. The molecule has 0 bridgehead atoms. The standard InChI is InChI=1S/C9H9N5O5S/c1-5-11-9(19-12-5)13-20(17,18)8-3-2-6(10)4-7(8)14(15)16/h2-4H,10H2,1H3,(H,11,12,13). The summed E-state index contributed by atoms with van der Waals surface area (Å²) in [5.74, 6) is 0.217. The van der Waals surface area contributed by atoms with Crippen LogP contribution in [0.2, 0.25) is 0 Å². The van der Waals surface area contributed by atoms with Crippen LogP contribution in [0.3, 0.4) is 0 Å². The van der Waals surface area contributed by atoms with Crippen LogP contribution in [0.15, 0.2) is 27.6 Å². The molecule has 1 heterocycles. The summed E-state index contributed by atoms with van der Waals surface area (Å²) in [7, 11) is -4.24. The summed E-state index contributed by atoms with van der Waals surface area (Å²) >= 11 is 0. The summed E-state index contributed by atoms with van der Waals surface area (Å²) in [5, 5.41) is 14.3. The summed E-state index contributed by atoms with van der Waals surface area (Å²) in [6.07, 6.45) is 0. The van der Waals surface area contributed by atoms with Crippen molar-refractivity contribution in [1.82, 2.24) is 10.1 Å². The molecule has 2 aromatic rings. The second kappa shape index (κ2) is 4.77. The first-order chi connectivity index (χ1) is 9.29. The molecule has 0 amide bonds. The largest absolute Gasteiger partial charge is 0.399 e. The van der Waals surface area contributed by atoms with Crippen LogP contribution < -0.4 is 10.5 Å². The Kier molecular flexibility index (Phi) is 3.28. The van der Waals surface area contributed by atoms with Gasteiger partial charge >= 0.3 is 6.01 Å². The predicted octanol–water partition coefficient (Wildman–Crippen LogP) is 0.669. The number of nitrogens with zero attached hydrogens (tertiary/aromatic N) is 3. The Bertz CT molecular complexity index is 769. The van der Waals surface area contributed by atoms with Gasteiger partial charge in [0.2, 0.25) is 0 Å². The Morgan fingerprint density at radius 2 is 2.15 bits per heavy atom. The number of nitrogens with two attached hydrogens (primary N) is 1. The van der Waals surface area contributed by atoms with Crippen LogP contribution in [0, 0.1) is 17.0 Å². The number of nitro groups is 1. The van der Waals surface area contributed by atoms with E-state index in [0.29, 0.717) is 0 Å². The first-order valence-electron chi connectivity index (χ1n) is 5.16. The van der Waals surface area contributed by atoms with Crippen molar-refractivity contribution < 1.29 is 17.9 Å². The molecule has 0 aliphatic heterocycles. The number of aromatic nitrogens is 2. The van der Waals surface area contributed by atoms with E-state index in [1.807, 2.05) is 4.72 Å². The topological polar surface area (TPSA) is 154 Å². The Morgan fingerprint density at radius 3 is 2.70 bits per heavy atom. The van der Waals surface area contributed by atoms with Crippen molar-refractivity contribution in [2.24, 2.45) is 0 Å². The minimum Gasteiger partial charge on any atom is -0.399 e. The van der Waals surface area contributed by atoms with Gasteiger partial charge in [0.15, 0.2) is 10.7 Å². The van der Waals surface area contributed by atoms with Gasteiger partial charge in [0, 0.05) is 11.8 Å². The van der Waals surface area contributed by atoms with E-state index < -0.39 is 25.5 Å². The van der Waals surface area contributed by atoms with E-state index in [4.69, 9.17) is 5.73 Å². The van der Waals surface area contributed by atoms with Gasteiger partial charge in [-0.15, -0.1) is 0 Å². The third-order valence-corrected chi connectivity index (χ3v) is 3.59. The fraction of sp³-hybridized carbons (Fsp3) is 0.111. The molecule has 0 unspecified atom stereocenters. The molecule has 1 aromatic heterocycles. The minimum absolute atomic E-state index is 0.0734. The maximum absolute atomic E-state index is 12.1. The number of benzene rings is 1. The van der Waals surface area contributed by atoms with Crippen molar-refractivity contribution in [2.45, 2.75) is 11.8 Å². The maximum Gasteiger partial charge on any atom is 0.335 e. The molecule has 20 heavy (non-hydrogen) atoms. The predicted molar refractivity (Wildman–Crippen MR) is 67.4 cm³/mol. The molecule has 0 fully saturated rings. The quantitative estimate of drug-likeness (QED) is 0.474. The molecule has 0 saturated heterocycles. The van der Waals surface area contributed by atoms with Gasteiger partial charge in [0.25, 0.3) is 15.7 Å². The van der Waals surface area contributed by atoms with E-state index in [1.54, 1.807) is 0 Å². The summed E-state index contributed by atoms with van der Waals surface area (Å²) in [4.78, 5) is 13.1. The first kappa shape index (κ1) is 13.7. The number of nitro benzene ring substituents is 1. The van der Waals surface area contributed by atoms with Gasteiger partial charge in [-0.2, -0.15) is 4.98 Å². The lowest BCUT2D eigenvalue weighted by molar-refractivity contribution is -0.387. The molecule has 10 nitrogen and oxygen atoms in total. The maximum atomic E-state index is 12.1. The average Bonchev–Trinajstić information content (AvgIpc) is 2.73. The number of rotatable bonds is 4. The molecule has 3 N–H and O–H groups in total. The molecule has 0 atom stereocenters. The highest BCUT2D eigenvalue weighted by Crippen LogP contribution is 2.27. The van der Waals surface area contributed by atoms with Crippen molar-refractivity contribution >= 4 is 27.4 Å². The van der Waals surface area contributed by atoms with Gasteiger partial charge < -0.3 is 10.3 Å². The van der Waals surface area contributed by atoms with Crippen LogP contribution in [0.25, 0.3) is 0 Å². The first-order valence-corrected chi connectivity index (χ1v) is 6.65. The molecule has 0 aliphatic rings. The van der Waals surface area contributed by atoms with E-state index >= 15 is 0 Å². The summed E-state index contributed by atoms with van der Waals surface area (Å²) < 4.78 is 30.7. The van der Waals surface area contributed by atoms with Gasteiger partial charge in [-0.05, 0) is 19.1 Å². The monoisotopic (exact) mass is 299 g/mol. The molecular weight excluding hydrogens is 290 g/mol. The molecule has 0 spiro atoms. The molecule has 2 rings (SSSR count). The molecule has 0 saturated carbocycles. The van der Waals surface area contributed by atoms with Crippen molar-refractivity contribution in [2.75, 3.05) is 10.5 Å². The minimum atomic E-state index is -4.24. The highest BCUT2D eigenvalue weighted by atomic mass is 32.2. The van der Waals surface area contributed by atoms with E-state index in [9.17, 15) is 18.5 Å². The van der Waals surface area contributed by atoms with E-state index in [2.05, 4.69) is 14.7 Å². The molecule has 1 aromatic carbocycles.